The average Bonchev–Trinajstić information content (AvgIpc) is 2.57. The third kappa shape index (κ3) is 5.49. The Kier molecular flexibility index (Phi) is 6.92. The number of carbonyl (C=O) groups excluding carboxylic acids is 1. The van der Waals surface area contributed by atoms with Crippen molar-refractivity contribution in [2.45, 2.75) is 25.3 Å². The van der Waals surface area contributed by atoms with Crippen molar-refractivity contribution in [1.82, 2.24) is 14.5 Å². The number of piperidine rings is 1. The van der Waals surface area contributed by atoms with E-state index >= 15 is 0 Å². The van der Waals surface area contributed by atoms with Crippen LogP contribution < -0.4 is 5.32 Å². The van der Waals surface area contributed by atoms with Gasteiger partial charge in [-0.25, -0.2) is 17.1 Å². The van der Waals surface area contributed by atoms with Gasteiger partial charge in [0.1, 0.15) is 11.9 Å². The molecule has 1 saturated heterocycles. The third-order valence-corrected chi connectivity index (χ3v) is 6.24. The van der Waals surface area contributed by atoms with Crippen LogP contribution in [-0.4, -0.2) is 63.0 Å². The first-order chi connectivity index (χ1) is 11.8. The number of benzene rings is 1. The summed E-state index contributed by atoms with van der Waals surface area (Å²) in [5, 5.41) is 2.72. The second kappa shape index (κ2) is 8.73. The fourth-order valence-corrected chi connectivity index (χ4v) is 3.66. The van der Waals surface area contributed by atoms with Gasteiger partial charge >= 0.3 is 0 Å². The number of amides is 1. The highest BCUT2D eigenvalue weighted by molar-refractivity contribution is 7.89. The lowest BCUT2D eigenvalue weighted by Gasteiger charge is -2.34. The first kappa shape index (κ1) is 19.8. The second-order valence-electron chi connectivity index (χ2n) is 6.44. The van der Waals surface area contributed by atoms with Gasteiger partial charge in [0.05, 0.1) is 5.75 Å². The summed E-state index contributed by atoms with van der Waals surface area (Å²) < 4.78 is 38.0. The zero-order valence-corrected chi connectivity index (χ0v) is 15.6. The molecule has 0 aromatic heterocycles. The first-order valence-electron chi connectivity index (χ1n) is 8.49. The van der Waals surface area contributed by atoms with Crippen molar-refractivity contribution in [2.75, 3.05) is 39.5 Å². The summed E-state index contributed by atoms with van der Waals surface area (Å²) in [6.45, 7) is 1.64. The molecule has 0 radical (unpaired) electrons. The summed E-state index contributed by atoms with van der Waals surface area (Å²) in [5.74, 6) is -0.747. The predicted octanol–water partition coefficient (Wildman–Crippen LogP) is 1.36. The molecule has 1 fully saturated rings. The lowest BCUT2D eigenvalue weighted by Crippen LogP contribution is -2.44. The molecule has 25 heavy (non-hydrogen) atoms. The van der Waals surface area contributed by atoms with Gasteiger partial charge in [0.25, 0.3) is 0 Å². The Morgan fingerprint density at radius 2 is 1.80 bits per heavy atom. The summed E-state index contributed by atoms with van der Waals surface area (Å²) in [7, 11) is -0.430. The van der Waals surface area contributed by atoms with Gasteiger partial charge in [-0.2, -0.15) is 0 Å². The van der Waals surface area contributed by atoms with Crippen LogP contribution in [0.25, 0.3) is 0 Å². The van der Waals surface area contributed by atoms with Crippen LogP contribution in [0.2, 0.25) is 0 Å². The molecule has 140 valence electrons. The fraction of sp³-hybridized carbons (Fsp3) is 0.588. The molecule has 0 aliphatic carbocycles. The van der Waals surface area contributed by atoms with E-state index in [9.17, 15) is 17.6 Å². The first-order valence-corrected chi connectivity index (χ1v) is 10.1. The maximum atomic E-state index is 13.2. The minimum absolute atomic E-state index is 0.0465. The number of sulfonamides is 1. The van der Waals surface area contributed by atoms with E-state index in [2.05, 4.69) is 10.2 Å². The maximum Gasteiger partial charge on any atom is 0.241 e. The number of hydrogen-bond donors (Lipinski definition) is 1. The van der Waals surface area contributed by atoms with Crippen molar-refractivity contribution < 1.29 is 17.6 Å². The van der Waals surface area contributed by atoms with Crippen molar-refractivity contribution in [2.24, 2.45) is 0 Å². The smallest absolute Gasteiger partial charge is 0.241 e. The molecule has 6 nitrogen and oxygen atoms in total. The van der Waals surface area contributed by atoms with Crippen LogP contribution >= 0.6 is 0 Å². The number of rotatable bonds is 7. The highest BCUT2D eigenvalue weighted by atomic mass is 32.2. The Morgan fingerprint density at radius 1 is 1.20 bits per heavy atom. The standard InChI is InChI=1S/C17H26FN3O3S/c1-20(2)25(23,24)13-10-19-17(22)16(21-11-4-3-5-12-21)14-6-8-15(18)9-7-14/h6-9,16H,3-5,10-13H2,1-2H3,(H,19,22)/t16-/m0/s1. The van der Waals surface area contributed by atoms with Gasteiger partial charge in [0.15, 0.2) is 0 Å². The molecule has 8 heteroatoms. The number of carbonyl (C=O) groups is 1. The molecule has 1 aromatic carbocycles. The van der Waals surface area contributed by atoms with E-state index in [0.717, 1.165) is 42.2 Å². The summed E-state index contributed by atoms with van der Waals surface area (Å²) >= 11 is 0. The van der Waals surface area contributed by atoms with E-state index in [4.69, 9.17) is 0 Å². The Hall–Kier alpha value is -1.51. The van der Waals surface area contributed by atoms with Crippen LogP contribution in [-0.2, 0) is 14.8 Å². The minimum atomic E-state index is -3.36. The zero-order valence-electron chi connectivity index (χ0n) is 14.7. The molecule has 1 aliphatic heterocycles. The predicted molar refractivity (Wildman–Crippen MR) is 95.0 cm³/mol. The topological polar surface area (TPSA) is 69.7 Å². The van der Waals surface area contributed by atoms with Crippen molar-refractivity contribution in [3.05, 3.63) is 35.6 Å². The molecule has 1 N–H and O–H groups in total. The van der Waals surface area contributed by atoms with Gasteiger partial charge < -0.3 is 5.32 Å². The largest absolute Gasteiger partial charge is 0.353 e. The molecular weight excluding hydrogens is 345 g/mol. The number of nitrogens with zero attached hydrogens (tertiary/aromatic N) is 2. The molecule has 0 saturated carbocycles. The van der Waals surface area contributed by atoms with Crippen LogP contribution in [0.1, 0.15) is 30.9 Å². The minimum Gasteiger partial charge on any atom is -0.353 e. The van der Waals surface area contributed by atoms with E-state index in [-0.39, 0.29) is 24.0 Å². The highest BCUT2D eigenvalue weighted by Crippen LogP contribution is 2.25. The van der Waals surface area contributed by atoms with Gasteiger partial charge in [0, 0.05) is 20.6 Å². The van der Waals surface area contributed by atoms with E-state index in [1.54, 1.807) is 12.1 Å². The molecule has 0 bridgehead atoms. The van der Waals surface area contributed by atoms with E-state index in [1.165, 1.54) is 26.2 Å². The lowest BCUT2D eigenvalue weighted by atomic mass is 10.0. The number of nitrogens with one attached hydrogen (secondary N) is 1. The molecule has 1 atom stereocenters. The molecule has 1 aromatic rings. The monoisotopic (exact) mass is 371 g/mol. The summed E-state index contributed by atoms with van der Waals surface area (Å²) in [5.41, 5.74) is 0.719. The molecule has 2 rings (SSSR count). The van der Waals surface area contributed by atoms with Crippen LogP contribution in [0.3, 0.4) is 0 Å². The molecular formula is C17H26FN3O3S. The second-order valence-corrected chi connectivity index (χ2v) is 8.74. The summed E-state index contributed by atoms with van der Waals surface area (Å²) in [6, 6.07) is 5.39. The molecule has 1 amide bonds. The molecule has 1 heterocycles. The Balaban J connectivity index is 2.09. The highest BCUT2D eigenvalue weighted by Gasteiger charge is 2.29. The van der Waals surface area contributed by atoms with Crippen molar-refractivity contribution in [3.8, 4) is 0 Å². The van der Waals surface area contributed by atoms with Gasteiger partial charge in [-0.1, -0.05) is 18.6 Å². The van der Waals surface area contributed by atoms with Crippen LogP contribution in [0.4, 0.5) is 4.39 Å². The Labute approximate surface area is 149 Å². The van der Waals surface area contributed by atoms with Gasteiger partial charge in [-0.3, -0.25) is 9.69 Å². The molecule has 0 spiro atoms. The Bertz CT molecular complexity index is 671. The van der Waals surface area contributed by atoms with Crippen molar-refractivity contribution >= 4 is 15.9 Å². The zero-order chi connectivity index (χ0) is 18.4. The number of halogens is 1. The van der Waals surface area contributed by atoms with Crippen LogP contribution in [0.5, 0.6) is 0 Å². The molecule has 0 unspecified atom stereocenters. The van der Waals surface area contributed by atoms with E-state index in [0.29, 0.717) is 0 Å². The van der Waals surface area contributed by atoms with Gasteiger partial charge in [-0.15, -0.1) is 0 Å². The third-order valence-electron chi connectivity index (χ3n) is 4.41. The van der Waals surface area contributed by atoms with Crippen LogP contribution in [0, 0.1) is 5.82 Å². The SMILES string of the molecule is CN(C)S(=O)(=O)CCNC(=O)[C@H](c1ccc(F)cc1)N1CCCCC1. The van der Waals surface area contributed by atoms with Crippen molar-refractivity contribution in [3.63, 3.8) is 0 Å². The number of likely N-dealkylation sites (tertiary alicyclic amines) is 1. The normalized spacial score (nSPS) is 17.4. The fourth-order valence-electron chi connectivity index (χ4n) is 2.93. The lowest BCUT2D eigenvalue weighted by molar-refractivity contribution is -0.127. The van der Waals surface area contributed by atoms with Gasteiger partial charge in [-0.05, 0) is 43.6 Å². The summed E-state index contributed by atoms with van der Waals surface area (Å²) in [4.78, 5) is 14.8. The summed E-state index contributed by atoms with van der Waals surface area (Å²) in [6.07, 6.45) is 3.16. The van der Waals surface area contributed by atoms with E-state index < -0.39 is 16.1 Å². The van der Waals surface area contributed by atoms with Crippen molar-refractivity contribution in [1.29, 1.82) is 0 Å². The number of hydrogen-bond acceptors (Lipinski definition) is 4. The quantitative estimate of drug-likeness (QED) is 0.786. The Morgan fingerprint density at radius 3 is 2.36 bits per heavy atom. The average molecular weight is 371 g/mol. The van der Waals surface area contributed by atoms with E-state index in [1.807, 2.05) is 0 Å². The van der Waals surface area contributed by atoms with Gasteiger partial charge in [0.2, 0.25) is 15.9 Å². The maximum absolute atomic E-state index is 13.2. The molecule has 1 aliphatic rings. The van der Waals surface area contributed by atoms with Crippen LogP contribution in [0.15, 0.2) is 24.3 Å².